The summed E-state index contributed by atoms with van der Waals surface area (Å²) in [5.74, 6) is 0. The van der Waals surface area contributed by atoms with Crippen molar-refractivity contribution in [2.24, 2.45) is 5.14 Å². The molecule has 0 spiro atoms. The van der Waals surface area contributed by atoms with E-state index in [4.69, 9.17) is 16.7 Å². The van der Waals surface area contributed by atoms with E-state index in [-0.39, 0.29) is 4.90 Å². The van der Waals surface area contributed by atoms with Gasteiger partial charge in [0.1, 0.15) is 0 Å². The number of sulfonamides is 1. The minimum atomic E-state index is -3.71. The van der Waals surface area contributed by atoms with E-state index >= 15 is 0 Å². The van der Waals surface area contributed by atoms with Gasteiger partial charge in [-0.25, -0.2) is 13.6 Å². The minimum absolute atomic E-state index is 0.0877. The van der Waals surface area contributed by atoms with E-state index in [2.05, 4.69) is 31.9 Å². The van der Waals surface area contributed by atoms with Crippen LogP contribution in [0.25, 0.3) is 22.3 Å². The summed E-state index contributed by atoms with van der Waals surface area (Å²) in [5.41, 5.74) is 3.90. The van der Waals surface area contributed by atoms with Crippen molar-refractivity contribution in [3.63, 3.8) is 0 Å². The Bertz CT molecular complexity index is 998. The Balaban J connectivity index is 2.17. The highest BCUT2D eigenvalue weighted by atomic mass is 79.9. The molecule has 0 aliphatic heterocycles. The summed E-state index contributed by atoms with van der Waals surface area (Å²) in [6.07, 6.45) is 0. The van der Waals surface area contributed by atoms with E-state index < -0.39 is 10.0 Å². The van der Waals surface area contributed by atoms with Crippen LogP contribution in [0.4, 0.5) is 0 Å². The van der Waals surface area contributed by atoms with E-state index in [1.54, 1.807) is 23.5 Å². The maximum absolute atomic E-state index is 11.4. The molecule has 0 saturated carbocycles. The van der Waals surface area contributed by atoms with Gasteiger partial charge in [-0.1, -0.05) is 35.9 Å². The van der Waals surface area contributed by atoms with Gasteiger partial charge in [0.05, 0.1) is 12.5 Å². The predicted molar refractivity (Wildman–Crippen MR) is 107 cm³/mol. The quantitative estimate of drug-likeness (QED) is 0.479. The molecule has 1 heterocycles. The normalized spacial score (nSPS) is 11.7. The molecule has 1 aromatic heterocycles. The molecule has 0 amide bonds. The van der Waals surface area contributed by atoms with Gasteiger partial charge in [-0.05, 0) is 67.3 Å². The first-order valence-corrected chi connectivity index (χ1v) is 11.0. The third kappa shape index (κ3) is 3.61. The van der Waals surface area contributed by atoms with Gasteiger partial charge in [0.15, 0.2) is 0 Å². The number of halogens is 3. The van der Waals surface area contributed by atoms with Crippen LogP contribution in [-0.2, 0) is 10.0 Å². The van der Waals surface area contributed by atoms with Crippen LogP contribution in [0.5, 0.6) is 0 Å². The number of thiophene rings is 1. The maximum Gasteiger partial charge on any atom is 0.238 e. The predicted octanol–water partition coefficient (Wildman–Crippen LogP) is 5.91. The summed E-state index contributed by atoms with van der Waals surface area (Å²) >= 11 is 14.7. The van der Waals surface area contributed by atoms with Crippen molar-refractivity contribution in [3.05, 3.63) is 61.1 Å². The topological polar surface area (TPSA) is 60.2 Å². The lowest BCUT2D eigenvalue weighted by atomic mass is 9.99. The molecule has 8 heteroatoms. The summed E-state index contributed by atoms with van der Waals surface area (Å²) < 4.78 is 24.8. The number of rotatable bonds is 3. The smallest absolute Gasteiger partial charge is 0.225 e. The molecule has 0 aliphatic carbocycles. The number of nitrogens with two attached hydrogens (primary N) is 1. The zero-order valence-electron chi connectivity index (χ0n) is 12.0. The van der Waals surface area contributed by atoms with Crippen molar-refractivity contribution < 1.29 is 8.42 Å². The third-order valence-electron chi connectivity index (χ3n) is 3.43. The second-order valence-electron chi connectivity index (χ2n) is 4.98. The van der Waals surface area contributed by atoms with Crippen molar-refractivity contribution in [1.82, 2.24) is 0 Å². The number of benzene rings is 2. The monoisotopic (exact) mass is 505 g/mol. The van der Waals surface area contributed by atoms with Gasteiger partial charge in [0.25, 0.3) is 0 Å². The molecular formula is C16H10Br2ClNO2S2. The van der Waals surface area contributed by atoms with Crippen LogP contribution in [0.3, 0.4) is 0 Å². The molecule has 0 aliphatic rings. The van der Waals surface area contributed by atoms with E-state index in [1.165, 1.54) is 12.1 Å². The summed E-state index contributed by atoms with van der Waals surface area (Å²) in [7, 11) is -3.71. The largest absolute Gasteiger partial charge is 0.238 e. The molecule has 0 radical (unpaired) electrons. The van der Waals surface area contributed by atoms with E-state index in [0.29, 0.717) is 5.02 Å². The Morgan fingerprint density at radius 2 is 1.25 bits per heavy atom. The summed E-state index contributed by atoms with van der Waals surface area (Å²) in [5, 5.41) is 5.83. The van der Waals surface area contributed by atoms with E-state index in [0.717, 1.165) is 29.8 Å². The second-order valence-corrected chi connectivity index (χ2v) is 10.6. The first-order valence-electron chi connectivity index (χ1n) is 6.64. The van der Waals surface area contributed by atoms with Crippen LogP contribution in [0.1, 0.15) is 0 Å². The molecule has 24 heavy (non-hydrogen) atoms. The van der Waals surface area contributed by atoms with E-state index in [1.807, 2.05) is 24.3 Å². The van der Waals surface area contributed by atoms with Crippen LogP contribution < -0.4 is 5.14 Å². The van der Waals surface area contributed by atoms with Gasteiger partial charge < -0.3 is 0 Å². The fourth-order valence-electron chi connectivity index (χ4n) is 2.32. The first kappa shape index (κ1) is 18.1. The van der Waals surface area contributed by atoms with Crippen molar-refractivity contribution in [2.45, 2.75) is 4.90 Å². The highest BCUT2D eigenvalue weighted by Crippen LogP contribution is 2.48. The van der Waals surface area contributed by atoms with Gasteiger partial charge >= 0.3 is 0 Å². The van der Waals surface area contributed by atoms with Crippen molar-refractivity contribution in [2.75, 3.05) is 0 Å². The second kappa shape index (κ2) is 6.90. The van der Waals surface area contributed by atoms with Crippen LogP contribution in [0, 0.1) is 0 Å². The van der Waals surface area contributed by atoms with Gasteiger partial charge in [0.2, 0.25) is 10.0 Å². The zero-order valence-corrected chi connectivity index (χ0v) is 17.5. The van der Waals surface area contributed by atoms with Gasteiger partial charge in [0, 0.05) is 16.1 Å². The Labute approximate surface area is 165 Å². The molecule has 2 N–H and O–H groups in total. The molecule has 3 aromatic rings. The number of hydrogen-bond acceptors (Lipinski definition) is 3. The fraction of sp³-hybridized carbons (Fsp3) is 0. The molecule has 0 bridgehead atoms. The fourth-order valence-corrected chi connectivity index (χ4v) is 6.24. The zero-order chi connectivity index (χ0) is 17.5. The lowest BCUT2D eigenvalue weighted by Gasteiger charge is -2.08. The molecule has 0 fully saturated rings. The molecular weight excluding hydrogens is 498 g/mol. The molecule has 124 valence electrons. The molecule has 3 rings (SSSR count). The summed E-state index contributed by atoms with van der Waals surface area (Å²) in [6.45, 7) is 0. The lowest BCUT2D eigenvalue weighted by Crippen LogP contribution is -2.11. The van der Waals surface area contributed by atoms with Crippen molar-refractivity contribution in [3.8, 4) is 22.3 Å². The van der Waals surface area contributed by atoms with Crippen molar-refractivity contribution >= 4 is 64.8 Å². The number of hydrogen-bond donors (Lipinski definition) is 1. The summed E-state index contributed by atoms with van der Waals surface area (Å²) in [4.78, 5) is 0.0877. The Morgan fingerprint density at radius 1 is 0.833 bits per heavy atom. The lowest BCUT2D eigenvalue weighted by molar-refractivity contribution is 0.598. The standard InChI is InChI=1S/C16H10Br2ClNO2S2/c17-15-13(9-1-5-11(19)6-2-9)14(16(18)23-15)10-3-7-12(8-4-10)24(20,21)22/h1-8H,(H2,20,21,22). The highest BCUT2D eigenvalue weighted by molar-refractivity contribution is 9.12. The molecule has 0 unspecified atom stereocenters. The summed E-state index contributed by atoms with van der Waals surface area (Å²) in [6, 6.07) is 14.1. The third-order valence-corrected chi connectivity index (χ3v) is 7.14. The van der Waals surface area contributed by atoms with Gasteiger partial charge in [-0.2, -0.15) is 0 Å². The van der Waals surface area contributed by atoms with Crippen LogP contribution in [-0.4, -0.2) is 8.42 Å². The SMILES string of the molecule is NS(=O)(=O)c1ccc(-c2c(Br)sc(Br)c2-c2ccc(Cl)cc2)cc1. The average Bonchev–Trinajstić information content (AvgIpc) is 2.82. The number of primary sulfonamides is 1. The van der Waals surface area contributed by atoms with Crippen LogP contribution in [0.2, 0.25) is 5.02 Å². The van der Waals surface area contributed by atoms with Crippen molar-refractivity contribution in [1.29, 1.82) is 0 Å². The van der Waals surface area contributed by atoms with Crippen LogP contribution in [0.15, 0.2) is 61.0 Å². The molecule has 0 atom stereocenters. The Hall–Kier alpha value is -0.700. The Kier molecular flexibility index (Phi) is 5.20. The molecule has 0 saturated heterocycles. The average molecular weight is 508 g/mol. The first-order chi connectivity index (χ1) is 11.3. The highest BCUT2D eigenvalue weighted by Gasteiger charge is 2.19. The molecule has 3 nitrogen and oxygen atoms in total. The van der Waals surface area contributed by atoms with Gasteiger partial charge in [-0.15, -0.1) is 11.3 Å². The van der Waals surface area contributed by atoms with Crippen LogP contribution >= 0.6 is 54.8 Å². The van der Waals surface area contributed by atoms with E-state index in [9.17, 15) is 8.42 Å². The molecule has 2 aromatic carbocycles. The Morgan fingerprint density at radius 3 is 1.67 bits per heavy atom. The van der Waals surface area contributed by atoms with Gasteiger partial charge in [-0.3, -0.25) is 0 Å². The minimum Gasteiger partial charge on any atom is -0.225 e. The maximum atomic E-state index is 11.4.